The number of imidazole rings is 1. The lowest BCUT2D eigenvalue weighted by Gasteiger charge is -2.29. The quantitative estimate of drug-likeness (QED) is 0.305. The highest BCUT2D eigenvalue weighted by molar-refractivity contribution is 6.30. The third-order valence-electron chi connectivity index (χ3n) is 7.23. The number of aryl methyl sites for hydroxylation is 1. The molecule has 4 aromatic rings. The normalized spacial score (nSPS) is 17.6. The fourth-order valence-corrected chi connectivity index (χ4v) is 5.35. The molecule has 12 heteroatoms. The van der Waals surface area contributed by atoms with Crippen LogP contribution in [0.15, 0.2) is 59.7 Å². The van der Waals surface area contributed by atoms with Gasteiger partial charge in [0.15, 0.2) is 0 Å². The molecule has 1 amide bonds. The fourth-order valence-electron chi connectivity index (χ4n) is 5.20. The molecule has 0 radical (unpaired) electrons. The Hall–Kier alpha value is -3.86. The standard InChI is InChI=1S/C28H28ClF3N6O2/c1-17-22(12-19(29)13-33-17)26(39)36-20-8-6-18(7-9-20)15-37-23-4-2-3-5-24(23)38(27(37)40)21-10-11-25(34-14-21)35-16-28(30,31)32/h2-5,10-14,18,20H,6-9,15-16H2,1H3,(H,34,35)(H,36,39). The topological polar surface area (TPSA) is 93.8 Å². The second-order valence-electron chi connectivity index (χ2n) is 10.1. The molecule has 5 rings (SSSR count). The summed E-state index contributed by atoms with van der Waals surface area (Å²) in [6, 6.07) is 12.1. The molecule has 1 saturated carbocycles. The summed E-state index contributed by atoms with van der Waals surface area (Å²) < 4.78 is 40.8. The summed E-state index contributed by atoms with van der Waals surface area (Å²) in [5.74, 6) is 0.124. The summed E-state index contributed by atoms with van der Waals surface area (Å²) in [4.78, 5) is 34.6. The van der Waals surface area contributed by atoms with E-state index in [1.807, 2.05) is 24.3 Å². The van der Waals surface area contributed by atoms with Gasteiger partial charge in [-0.15, -0.1) is 0 Å². The van der Waals surface area contributed by atoms with E-state index >= 15 is 0 Å². The highest BCUT2D eigenvalue weighted by Crippen LogP contribution is 2.28. The first-order valence-electron chi connectivity index (χ1n) is 13.0. The maximum absolute atomic E-state index is 13.6. The van der Waals surface area contributed by atoms with Crippen LogP contribution in [0.4, 0.5) is 19.0 Å². The molecule has 0 aliphatic heterocycles. The van der Waals surface area contributed by atoms with Gasteiger partial charge in [-0.2, -0.15) is 13.2 Å². The van der Waals surface area contributed by atoms with Crippen molar-refractivity contribution in [3.05, 3.63) is 81.6 Å². The molecule has 40 heavy (non-hydrogen) atoms. The van der Waals surface area contributed by atoms with Crippen LogP contribution in [0.2, 0.25) is 5.02 Å². The summed E-state index contributed by atoms with van der Waals surface area (Å²) in [5.41, 5.74) is 2.78. The van der Waals surface area contributed by atoms with Crippen LogP contribution in [0, 0.1) is 12.8 Å². The number of alkyl halides is 3. The average molecular weight is 573 g/mol. The summed E-state index contributed by atoms with van der Waals surface area (Å²) in [6.07, 6.45) is 1.79. The van der Waals surface area contributed by atoms with Gasteiger partial charge in [0, 0.05) is 18.8 Å². The molecular weight excluding hydrogens is 545 g/mol. The molecular formula is C28H28ClF3N6O2. The van der Waals surface area contributed by atoms with E-state index in [9.17, 15) is 22.8 Å². The molecule has 0 saturated heterocycles. The van der Waals surface area contributed by atoms with Gasteiger partial charge in [-0.25, -0.2) is 9.78 Å². The molecule has 210 valence electrons. The summed E-state index contributed by atoms with van der Waals surface area (Å²) in [7, 11) is 0. The second-order valence-corrected chi connectivity index (χ2v) is 10.5. The van der Waals surface area contributed by atoms with Crippen molar-refractivity contribution in [1.29, 1.82) is 0 Å². The zero-order valence-corrected chi connectivity index (χ0v) is 22.5. The van der Waals surface area contributed by atoms with Crippen LogP contribution in [0.3, 0.4) is 0 Å². The molecule has 1 aromatic carbocycles. The minimum Gasteiger partial charge on any atom is -0.361 e. The lowest BCUT2D eigenvalue weighted by Crippen LogP contribution is -2.39. The summed E-state index contributed by atoms with van der Waals surface area (Å²) in [6.45, 7) is 1.09. The number of halogens is 4. The van der Waals surface area contributed by atoms with E-state index in [2.05, 4.69) is 20.6 Å². The first-order valence-corrected chi connectivity index (χ1v) is 13.4. The van der Waals surface area contributed by atoms with Crippen LogP contribution in [-0.2, 0) is 6.54 Å². The lowest BCUT2D eigenvalue weighted by atomic mass is 9.85. The lowest BCUT2D eigenvalue weighted by molar-refractivity contribution is -0.115. The predicted octanol–water partition coefficient (Wildman–Crippen LogP) is 5.51. The van der Waals surface area contributed by atoms with Gasteiger partial charge in [-0.1, -0.05) is 23.7 Å². The predicted molar refractivity (Wildman–Crippen MR) is 147 cm³/mol. The van der Waals surface area contributed by atoms with Crippen molar-refractivity contribution in [3.63, 3.8) is 0 Å². The molecule has 0 bridgehead atoms. The van der Waals surface area contributed by atoms with Crippen LogP contribution in [0.25, 0.3) is 16.7 Å². The smallest absolute Gasteiger partial charge is 0.361 e. The van der Waals surface area contributed by atoms with E-state index in [-0.39, 0.29) is 29.4 Å². The van der Waals surface area contributed by atoms with E-state index in [1.165, 1.54) is 23.0 Å². The third kappa shape index (κ3) is 6.14. The highest BCUT2D eigenvalue weighted by Gasteiger charge is 2.27. The van der Waals surface area contributed by atoms with Gasteiger partial charge in [0.25, 0.3) is 5.91 Å². The number of hydrogen-bond donors (Lipinski definition) is 2. The van der Waals surface area contributed by atoms with Gasteiger partial charge in [0.1, 0.15) is 12.4 Å². The SMILES string of the molecule is Cc1ncc(Cl)cc1C(=O)NC1CCC(Cn2c(=O)n(-c3ccc(NCC(F)(F)F)nc3)c3ccccc32)CC1. The number of anilines is 1. The Morgan fingerprint density at radius 2 is 1.77 bits per heavy atom. The number of nitrogens with one attached hydrogen (secondary N) is 2. The Balaban J connectivity index is 1.28. The van der Waals surface area contributed by atoms with Crippen molar-refractivity contribution in [2.45, 2.75) is 51.4 Å². The molecule has 0 spiro atoms. The molecule has 3 heterocycles. The molecule has 8 nitrogen and oxygen atoms in total. The summed E-state index contributed by atoms with van der Waals surface area (Å²) >= 11 is 6.01. The van der Waals surface area contributed by atoms with E-state index in [4.69, 9.17) is 11.6 Å². The largest absolute Gasteiger partial charge is 0.405 e. The zero-order valence-electron chi connectivity index (χ0n) is 21.7. The van der Waals surface area contributed by atoms with Gasteiger partial charge in [-0.3, -0.25) is 18.9 Å². The second kappa shape index (κ2) is 11.3. The Morgan fingerprint density at radius 3 is 2.45 bits per heavy atom. The number of rotatable bonds is 7. The number of benzene rings is 1. The fraction of sp³-hybridized carbons (Fsp3) is 0.357. The van der Waals surface area contributed by atoms with Crippen molar-refractivity contribution in [1.82, 2.24) is 24.4 Å². The number of hydrogen-bond acceptors (Lipinski definition) is 5. The molecule has 1 fully saturated rings. The molecule has 0 atom stereocenters. The van der Waals surface area contributed by atoms with Gasteiger partial charge in [-0.05, 0) is 68.9 Å². The van der Waals surface area contributed by atoms with Crippen molar-refractivity contribution in [2.24, 2.45) is 5.92 Å². The van der Waals surface area contributed by atoms with Gasteiger partial charge >= 0.3 is 11.9 Å². The minimum absolute atomic E-state index is 0.0238. The first-order chi connectivity index (χ1) is 19.1. The van der Waals surface area contributed by atoms with E-state index < -0.39 is 12.7 Å². The number of nitrogens with zero attached hydrogens (tertiary/aromatic N) is 4. The Labute approximate surface area is 233 Å². The van der Waals surface area contributed by atoms with Crippen molar-refractivity contribution in [2.75, 3.05) is 11.9 Å². The highest BCUT2D eigenvalue weighted by atomic mass is 35.5. The van der Waals surface area contributed by atoms with E-state index in [1.54, 1.807) is 23.6 Å². The van der Waals surface area contributed by atoms with Crippen LogP contribution in [0.5, 0.6) is 0 Å². The minimum atomic E-state index is -4.36. The first kappa shape index (κ1) is 27.7. The average Bonchev–Trinajstić information content (AvgIpc) is 3.20. The number of carbonyl (C=O) groups is 1. The summed E-state index contributed by atoms with van der Waals surface area (Å²) in [5, 5.41) is 5.74. The zero-order chi connectivity index (χ0) is 28.4. The molecule has 1 aliphatic rings. The monoisotopic (exact) mass is 572 g/mol. The van der Waals surface area contributed by atoms with E-state index in [0.717, 1.165) is 31.2 Å². The number of amides is 1. The number of fused-ring (bicyclic) bond motifs is 1. The number of para-hydroxylation sites is 2. The number of carbonyl (C=O) groups excluding carboxylic acids is 1. The van der Waals surface area contributed by atoms with E-state index in [0.29, 0.717) is 34.0 Å². The Kier molecular flexibility index (Phi) is 7.84. The van der Waals surface area contributed by atoms with Gasteiger partial charge in [0.2, 0.25) is 0 Å². The van der Waals surface area contributed by atoms with Gasteiger partial charge in [0.05, 0.1) is 39.2 Å². The maximum Gasteiger partial charge on any atom is 0.405 e. The van der Waals surface area contributed by atoms with Crippen LogP contribution in [0.1, 0.15) is 41.7 Å². The van der Waals surface area contributed by atoms with Crippen molar-refractivity contribution in [3.8, 4) is 5.69 Å². The Bertz CT molecular complexity index is 1570. The molecule has 0 unspecified atom stereocenters. The van der Waals surface area contributed by atoms with Crippen LogP contribution < -0.4 is 16.3 Å². The van der Waals surface area contributed by atoms with Crippen LogP contribution >= 0.6 is 11.6 Å². The van der Waals surface area contributed by atoms with Gasteiger partial charge < -0.3 is 10.6 Å². The van der Waals surface area contributed by atoms with Crippen molar-refractivity contribution < 1.29 is 18.0 Å². The van der Waals surface area contributed by atoms with Crippen LogP contribution in [-0.4, -0.2) is 43.8 Å². The number of pyridine rings is 2. The Morgan fingerprint density at radius 1 is 1.05 bits per heavy atom. The number of aromatic nitrogens is 4. The molecule has 1 aliphatic carbocycles. The maximum atomic E-state index is 13.6. The third-order valence-corrected chi connectivity index (χ3v) is 7.44. The van der Waals surface area contributed by atoms with Crippen molar-refractivity contribution >= 4 is 34.4 Å². The molecule has 3 aromatic heterocycles. The molecule has 2 N–H and O–H groups in total.